The number of benzene rings is 3. The molecule has 0 bridgehead atoms. The quantitative estimate of drug-likeness (QED) is 0.515. The number of nitrogens with one attached hydrogen (secondary N) is 1. The number of rotatable bonds is 4. The smallest absolute Gasteiger partial charge is 0.189 e. The number of hydrogen-bond acceptors (Lipinski definition) is 2. The van der Waals surface area contributed by atoms with E-state index in [9.17, 15) is 8.42 Å². The molecule has 0 saturated carbocycles. The molecular weight excluding hydrogens is 366 g/mol. The maximum atomic E-state index is 13.5. The predicted molar refractivity (Wildman–Crippen MR) is 105 cm³/mol. The van der Waals surface area contributed by atoms with Gasteiger partial charge < -0.3 is 4.98 Å². The average molecular weight is 382 g/mol. The number of aromatic nitrogens is 1. The molecule has 4 rings (SSSR count). The van der Waals surface area contributed by atoms with E-state index in [1.807, 2.05) is 42.5 Å². The fraction of sp³-hybridized carbons (Fsp3) is 0.0476. The lowest BCUT2D eigenvalue weighted by Gasteiger charge is -2.18. The summed E-state index contributed by atoms with van der Waals surface area (Å²) in [5.41, 5.74) is 2.27. The Bertz CT molecular complexity index is 1150. The van der Waals surface area contributed by atoms with E-state index in [-0.39, 0.29) is 0 Å². The van der Waals surface area contributed by atoms with Gasteiger partial charge in [-0.15, -0.1) is 0 Å². The van der Waals surface area contributed by atoms with Crippen LogP contribution in [0.4, 0.5) is 0 Å². The molecule has 0 aliphatic rings. The average Bonchev–Trinajstić information content (AvgIpc) is 3.06. The zero-order chi connectivity index (χ0) is 18.1. The Hall–Kier alpha value is -2.56. The van der Waals surface area contributed by atoms with Crippen LogP contribution in [0.3, 0.4) is 0 Å². The van der Waals surface area contributed by atoms with Crippen molar-refractivity contribution in [2.75, 3.05) is 0 Å². The molecule has 0 saturated heterocycles. The van der Waals surface area contributed by atoms with Crippen LogP contribution in [0.15, 0.2) is 90.0 Å². The van der Waals surface area contributed by atoms with Gasteiger partial charge in [0.05, 0.1) is 4.90 Å². The van der Waals surface area contributed by atoms with Crippen LogP contribution in [0.25, 0.3) is 10.9 Å². The number of halogens is 1. The van der Waals surface area contributed by atoms with Gasteiger partial charge in [0, 0.05) is 27.7 Å². The van der Waals surface area contributed by atoms with E-state index in [4.69, 9.17) is 11.6 Å². The van der Waals surface area contributed by atoms with Crippen LogP contribution in [-0.2, 0) is 9.84 Å². The zero-order valence-electron chi connectivity index (χ0n) is 13.8. The molecule has 0 radical (unpaired) electrons. The fourth-order valence-electron chi connectivity index (χ4n) is 3.23. The molecule has 0 aliphatic heterocycles. The van der Waals surface area contributed by atoms with Crippen molar-refractivity contribution in [2.24, 2.45) is 0 Å². The van der Waals surface area contributed by atoms with Gasteiger partial charge in [-0.2, -0.15) is 0 Å². The monoisotopic (exact) mass is 381 g/mol. The highest BCUT2D eigenvalue weighted by Crippen LogP contribution is 2.39. The third kappa shape index (κ3) is 2.91. The second kappa shape index (κ2) is 6.63. The van der Waals surface area contributed by atoms with Crippen molar-refractivity contribution in [2.45, 2.75) is 10.1 Å². The van der Waals surface area contributed by atoms with Crippen molar-refractivity contribution in [1.29, 1.82) is 0 Å². The molecule has 1 unspecified atom stereocenters. The molecule has 0 spiro atoms. The van der Waals surface area contributed by atoms with Gasteiger partial charge in [0.25, 0.3) is 0 Å². The van der Waals surface area contributed by atoms with Gasteiger partial charge in [-0.1, -0.05) is 60.1 Å². The lowest BCUT2D eigenvalue weighted by molar-refractivity contribution is 0.589. The Labute approximate surface area is 157 Å². The molecule has 3 aromatic carbocycles. The maximum Gasteiger partial charge on any atom is 0.189 e. The predicted octanol–water partition coefficient (Wildman–Crippen LogP) is 5.38. The summed E-state index contributed by atoms with van der Waals surface area (Å²) in [5.74, 6) is 0. The van der Waals surface area contributed by atoms with Crippen LogP contribution in [0.2, 0.25) is 5.02 Å². The van der Waals surface area contributed by atoms with Crippen molar-refractivity contribution in [3.8, 4) is 0 Å². The summed E-state index contributed by atoms with van der Waals surface area (Å²) in [7, 11) is -3.64. The van der Waals surface area contributed by atoms with E-state index in [1.165, 1.54) is 0 Å². The Kier molecular flexibility index (Phi) is 4.31. The summed E-state index contributed by atoms with van der Waals surface area (Å²) in [6.45, 7) is 0. The second-order valence-electron chi connectivity index (χ2n) is 6.08. The molecule has 1 heterocycles. The molecule has 130 valence electrons. The molecule has 0 aliphatic carbocycles. The van der Waals surface area contributed by atoms with Gasteiger partial charge in [-0.3, -0.25) is 0 Å². The molecular formula is C21H16ClNO2S. The first kappa shape index (κ1) is 16.9. The van der Waals surface area contributed by atoms with E-state index in [0.717, 1.165) is 16.5 Å². The van der Waals surface area contributed by atoms with Crippen LogP contribution >= 0.6 is 11.6 Å². The summed E-state index contributed by atoms with van der Waals surface area (Å²) in [6.07, 6.45) is 1.76. The van der Waals surface area contributed by atoms with Gasteiger partial charge in [-0.05, 0) is 35.9 Å². The Morgan fingerprint density at radius 2 is 1.50 bits per heavy atom. The summed E-state index contributed by atoms with van der Waals surface area (Å²) in [4.78, 5) is 3.46. The van der Waals surface area contributed by atoms with Crippen LogP contribution in [-0.4, -0.2) is 13.4 Å². The lowest BCUT2D eigenvalue weighted by atomic mass is 10.0. The molecule has 4 aromatic rings. The third-order valence-electron chi connectivity index (χ3n) is 4.44. The van der Waals surface area contributed by atoms with Gasteiger partial charge >= 0.3 is 0 Å². The summed E-state index contributed by atoms with van der Waals surface area (Å²) < 4.78 is 27.0. The van der Waals surface area contributed by atoms with E-state index in [2.05, 4.69) is 4.98 Å². The molecule has 0 fully saturated rings. The zero-order valence-corrected chi connectivity index (χ0v) is 15.3. The normalized spacial score (nSPS) is 13.0. The standard InChI is InChI=1S/C21H16ClNO2S/c22-16-11-12-20-18(13-16)19(14-23-20)21(15-7-3-1-4-8-15)26(24,25)17-9-5-2-6-10-17/h1-14,21,23H. The van der Waals surface area contributed by atoms with Crippen molar-refractivity contribution < 1.29 is 8.42 Å². The minimum Gasteiger partial charge on any atom is -0.361 e. The van der Waals surface area contributed by atoms with Gasteiger partial charge in [0.15, 0.2) is 9.84 Å². The molecule has 1 N–H and O–H groups in total. The van der Waals surface area contributed by atoms with Crippen LogP contribution in [0.1, 0.15) is 16.4 Å². The minimum atomic E-state index is -3.64. The molecule has 1 atom stereocenters. The van der Waals surface area contributed by atoms with Gasteiger partial charge in [-0.25, -0.2) is 8.42 Å². The van der Waals surface area contributed by atoms with Crippen molar-refractivity contribution in [3.05, 3.63) is 101 Å². The first-order valence-corrected chi connectivity index (χ1v) is 10.1. The SMILES string of the molecule is O=S(=O)(c1ccccc1)C(c1ccccc1)c1c[nH]c2ccc(Cl)cc12. The topological polar surface area (TPSA) is 49.9 Å². The molecule has 26 heavy (non-hydrogen) atoms. The fourth-order valence-corrected chi connectivity index (χ4v) is 5.26. The number of H-pyrrole nitrogens is 1. The van der Waals surface area contributed by atoms with Crippen LogP contribution < -0.4 is 0 Å². The number of aromatic amines is 1. The van der Waals surface area contributed by atoms with Gasteiger partial charge in [0.1, 0.15) is 5.25 Å². The highest BCUT2D eigenvalue weighted by molar-refractivity contribution is 7.92. The molecule has 3 nitrogen and oxygen atoms in total. The molecule has 0 amide bonds. The van der Waals surface area contributed by atoms with E-state index in [1.54, 1.807) is 42.6 Å². The van der Waals surface area contributed by atoms with Crippen LogP contribution in [0.5, 0.6) is 0 Å². The second-order valence-corrected chi connectivity index (χ2v) is 8.55. The Morgan fingerprint density at radius 1 is 0.846 bits per heavy atom. The number of hydrogen-bond donors (Lipinski definition) is 1. The van der Waals surface area contributed by atoms with Crippen molar-refractivity contribution in [1.82, 2.24) is 4.98 Å². The van der Waals surface area contributed by atoms with E-state index < -0.39 is 15.1 Å². The largest absolute Gasteiger partial charge is 0.361 e. The lowest BCUT2D eigenvalue weighted by Crippen LogP contribution is -2.15. The van der Waals surface area contributed by atoms with Crippen molar-refractivity contribution >= 4 is 32.3 Å². The third-order valence-corrected chi connectivity index (χ3v) is 6.75. The van der Waals surface area contributed by atoms with E-state index >= 15 is 0 Å². The first-order chi connectivity index (χ1) is 12.6. The summed E-state index contributed by atoms with van der Waals surface area (Å²) in [6, 6.07) is 23.3. The van der Waals surface area contributed by atoms with E-state index in [0.29, 0.717) is 15.5 Å². The van der Waals surface area contributed by atoms with Crippen molar-refractivity contribution in [3.63, 3.8) is 0 Å². The Balaban J connectivity index is 1.99. The number of fused-ring (bicyclic) bond motifs is 1. The van der Waals surface area contributed by atoms with Crippen LogP contribution in [0, 0.1) is 0 Å². The van der Waals surface area contributed by atoms with Gasteiger partial charge in [0.2, 0.25) is 0 Å². The summed E-state index contributed by atoms with van der Waals surface area (Å²) >= 11 is 6.17. The molecule has 1 aromatic heterocycles. The minimum absolute atomic E-state index is 0.297. The highest BCUT2D eigenvalue weighted by Gasteiger charge is 2.32. The maximum absolute atomic E-state index is 13.5. The Morgan fingerprint density at radius 3 is 2.19 bits per heavy atom. The highest BCUT2D eigenvalue weighted by atomic mass is 35.5. The summed E-state index contributed by atoms with van der Waals surface area (Å²) in [5, 5.41) is 0.562. The molecule has 5 heteroatoms. The number of sulfone groups is 1. The first-order valence-electron chi connectivity index (χ1n) is 8.18.